The predicted molar refractivity (Wildman–Crippen MR) is 107 cm³/mol. The van der Waals surface area contributed by atoms with E-state index in [9.17, 15) is 4.79 Å². The monoisotopic (exact) mass is 344 g/mol. The number of allylic oxidation sites excluding steroid dienone is 2. The molecule has 1 aromatic carbocycles. The largest absolute Gasteiger partial charge is 0.427 e. The zero-order valence-electron chi connectivity index (χ0n) is 16.1. The van der Waals surface area contributed by atoms with Crippen LogP contribution in [0.5, 0.6) is 5.75 Å². The van der Waals surface area contributed by atoms with Crippen LogP contribution in [0.3, 0.4) is 0 Å². The van der Waals surface area contributed by atoms with Gasteiger partial charge in [-0.15, -0.1) is 0 Å². The zero-order valence-corrected chi connectivity index (χ0v) is 16.1. The van der Waals surface area contributed by atoms with Crippen LogP contribution in [-0.2, 0) is 4.79 Å². The normalized spacial score (nSPS) is 11.1. The molecule has 25 heavy (non-hydrogen) atoms. The minimum Gasteiger partial charge on any atom is -0.427 e. The van der Waals surface area contributed by atoms with E-state index < -0.39 is 0 Å². The van der Waals surface area contributed by atoms with Gasteiger partial charge in [-0.25, -0.2) is 0 Å². The molecule has 0 heterocycles. The minimum absolute atomic E-state index is 0.140. The van der Waals surface area contributed by atoms with Crippen LogP contribution in [0, 0.1) is 0 Å². The van der Waals surface area contributed by atoms with Crippen molar-refractivity contribution in [2.24, 2.45) is 0 Å². The highest BCUT2D eigenvalue weighted by Gasteiger charge is 2.02. The van der Waals surface area contributed by atoms with E-state index >= 15 is 0 Å². The van der Waals surface area contributed by atoms with Crippen molar-refractivity contribution in [1.29, 1.82) is 0 Å². The standard InChI is InChI=1S/C23H36O2/c1-2-3-4-5-6-7-8-9-10-11-12-13-14-18-21-23(24)25-22-19-16-15-17-20-22/h12-13,15-17,19-20H,2-11,14,18,21H2,1H3. The first kappa shape index (κ1) is 21.5. The van der Waals surface area contributed by atoms with Crippen LogP contribution < -0.4 is 4.74 Å². The fraction of sp³-hybridized carbons (Fsp3) is 0.609. The first-order chi connectivity index (χ1) is 12.3. The Labute approximate surface area is 154 Å². The summed E-state index contributed by atoms with van der Waals surface area (Å²) in [4.78, 5) is 11.7. The van der Waals surface area contributed by atoms with Crippen LogP contribution in [0.15, 0.2) is 42.5 Å². The smallest absolute Gasteiger partial charge is 0.311 e. The van der Waals surface area contributed by atoms with Crippen LogP contribution in [-0.4, -0.2) is 5.97 Å². The number of esters is 1. The van der Waals surface area contributed by atoms with Crippen LogP contribution in [0.1, 0.15) is 90.4 Å². The molecular formula is C23H36O2. The Balaban J connectivity index is 1.86. The van der Waals surface area contributed by atoms with Crippen molar-refractivity contribution in [1.82, 2.24) is 0 Å². The van der Waals surface area contributed by atoms with E-state index in [0.29, 0.717) is 12.2 Å². The quantitative estimate of drug-likeness (QED) is 0.145. The molecule has 2 heteroatoms. The number of rotatable bonds is 15. The number of hydrogen-bond donors (Lipinski definition) is 0. The van der Waals surface area contributed by atoms with Gasteiger partial charge in [-0.3, -0.25) is 4.79 Å². The second-order valence-electron chi connectivity index (χ2n) is 6.77. The Bertz CT molecular complexity index is 450. The van der Waals surface area contributed by atoms with Crippen molar-refractivity contribution in [2.45, 2.75) is 90.4 Å². The van der Waals surface area contributed by atoms with Gasteiger partial charge in [0.25, 0.3) is 0 Å². The summed E-state index contributed by atoms with van der Waals surface area (Å²) >= 11 is 0. The van der Waals surface area contributed by atoms with Gasteiger partial charge in [0.1, 0.15) is 5.75 Å². The zero-order chi connectivity index (χ0) is 18.0. The number of ether oxygens (including phenoxy) is 1. The number of unbranched alkanes of at least 4 members (excludes halogenated alkanes) is 10. The molecule has 0 spiro atoms. The Morgan fingerprint density at radius 1 is 0.800 bits per heavy atom. The molecule has 0 unspecified atom stereocenters. The lowest BCUT2D eigenvalue weighted by Gasteiger charge is -2.02. The van der Waals surface area contributed by atoms with E-state index in [4.69, 9.17) is 4.74 Å². The van der Waals surface area contributed by atoms with E-state index in [0.717, 1.165) is 12.8 Å². The van der Waals surface area contributed by atoms with Crippen molar-refractivity contribution >= 4 is 5.97 Å². The lowest BCUT2D eigenvalue weighted by atomic mass is 10.1. The molecule has 1 rings (SSSR count). The molecule has 0 atom stereocenters. The Morgan fingerprint density at radius 2 is 1.36 bits per heavy atom. The van der Waals surface area contributed by atoms with Crippen molar-refractivity contribution in [3.63, 3.8) is 0 Å². The maximum absolute atomic E-state index is 11.7. The summed E-state index contributed by atoms with van der Waals surface area (Å²) in [5.41, 5.74) is 0. The Morgan fingerprint density at radius 3 is 2.00 bits per heavy atom. The van der Waals surface area contributed by atoms with Gasteiger partial charge in [-0.05, 0) is 37.8 Å². The van der Waals surface area contributed by atoms with Gasteiger partial charge in [0, 0.05) is 6.42 Å². The molecule has 0 radical (unpaired) electrons. The van der Waals surface area contributed by atoms with Gasteiger partial charge in [0.2, 0.25) is 0 Å². The molecule has 0 amide bonds. The molecule has 2 nitrogen and oxygen atoms in total. The maximum Gasteiger partial charge on any atom is 0.311 e. The van der Waals surface area contributed by atoms with Gasteiger partial charge in [-0.2, -0.15) is 0 Å². The van der Waals surface area contributed by atoms with Gasteiger partial charge >= 0.3 is 5.97 Å². The van der Waals surface area contributed by atoms with Gasteiger partial charge in [0.15, 0.2) is 0 Å². The average molecular weight is 345 g/mol. The average Bonchev–Trinajstić information content (AvgIpc) is 2.63. The topological polar surface area (TPSA) is 26.3 Å². The lowest BCUT2D eigenvalue weighted by molar-refractivity contribution is -0.134. The van der Waals surface area contributed by atoms with Crippen molar-refractivity contribution in [2.75, 3.05) is 0 Å². The van der Waals surface area contributed by atoms with E-state index in [1.807, 2.05) is 30.3 Å². The van der Waals surface area contributed by atoms with E-state index in [2.05, 4.69) is 19.1 Å². The highest BCUT2D eigenvalue weighted by molar-refractivity contribution is 5.72. The first-order valence-electron chi connectivity index (χ1n) is 10.2. The van der Waals surface area contributed by atoms with Crippen LogP contribution in [0.25, 0.3) is 0 Å². The number of para-hydroxylation sites is 1. The van der Waals surface area contributed by atoms with Gasteiger partial charge < -0.3 is 4.74 Å². The molecule has 0 aromatic heterocycles. The minimum atomic E-state index is -0.140. The summed E-state index contributed by atoms with van der Waals surface area (Å²) in [5, 5.41) is 0. The third kappa shape index (κ3) is 13.4. The van der Waals surface area contributed by atoms with Gasteiger partial charge in [-0.1, -0.05) is 88.6 Å². The number of carbonyl (C=O) groups excluding carboxylic acids is 1. The van der Waals surface area contributed by atoms with E-state index in [1.165, 1.54) is 64.2 Å². The highest BCUT2D eigenvalue weighted by Crippen LogP contribution is 2.12. The molecule has 0 bridgehead atoms. The summed E-state index contributed by atoms with van der Waals surface area (Å²) in [7, 11) is 0. The number of benzene rings is 1. The Hall–Kier alpha value is -1.57. The molecule has 140 valence electrons. The molecule has 0 saturated heterocycles. The molecule has 0 N–H and O–H groups in total. The summed E-state index contributed by atoms with van der Waals surface area (Å²) in [6.45, 7) is 2.27. The second kappa shape index (κ2) is 15.9. The maximum atomic E-state index is 11.7. The lowest BCUT2D eigenvalue weighted by Crippen LogP contribution is -2.07. The summed E-state index contributed by atoms with van der Waals surface area (Å²) < 4.78 is 5.26. The van der Waals surface area contributed by atoms with Crippen molar-refractivity contribution in [3.8, 4) is 5.75 Å². The van der Waals surface area contributed by atoms with Crippen molar-refractivity contribution in [3.05, 3.63) is 42.5 Å². The molecule has 0 saturated carbocycles. The SMILES string of the molecule is CCCCCCCCCCCC=CCCCC(=O)Oc1ccccc1. The summed E-state index contributed by atoms with van der Waals surface area (Å²) in [5.74, 6) is 0.493. The predicted octanol–water partition coefficient (Wildman–Crippen LogP) is 7.24. The number of hydrogen-bond acceptors (Lipinski definition) is 2. The third-order valence-electron chi connectivity index (χ3n) is 4.37. The fourth-order valence-corrected chi connectivity index (χ4v) is 2.84. The van der Waals surface area contributed by atoms with E-state index in [-0.39, 0.29) is 5.97 Å². The third-order valence-corrected chi connectivity index (χ3v) is 4.37. The molecule has 0 aliphatic rings. The van der Waals surface area contributed by atoms with Crippen LogP contribution >= 0.6 is 0 Å². The van der Waals surface area contributed by atoms with E-state index in [1.54, 1.807) is 0 Å². The molecular weight excluding hydrogens is 308 g/mol. The van der Waals surface area contributed by atoms with Gasteiger partial charge in [0.05, 0.1) is 0 Å². The van der Waals surface area contributed by atoms with Crippen LogP contribution in [0.4, 0.5) is 0 Å². The van der Waals surface area contributed by atoms with Crippen molar-refractivity contribution < 1.29 is 9.53 Å². The fourth-order valence-electron chi connectivity index (χ4n) is 2.84. The summed E-state index contributed by atoms with van der Waals surface area (Å²) in [6.07, 6.45) is 20.3. The molecule has 1 aromatic rings. The first-order valence-corrected chi connectivity index (χ1v) is 10.2. The summed E-state index contributed by atoms with van der Waals surface area (Å²) in [6, 6.07) is 9.28. The van der Waals surface area contributed by atoms with Crippen LogP contribution in [0.2, 0.25) is 0 Å². The number of carbonyl (C=O) groups is 1. The highest BCUT2D eigenvalue weighted by atomic mass is 16.5. The molecule has 0 aliphatic heterocycles. The Kier molecular flexibility index (Phi) is 13.7. The molecule has 0 aliphatic carbocycles. The second-order valence-corrected chi connectivity index (χ2v) is 6.77. The molecule has 0 fully saturated rings.